The SMILES string of the molecule is N#Cc1ccc(OC(=O)c2ccccc2)nc1OC(=O)c1[c]scc1. The molecule has 121 valence electrons. The number of thiophene rings is 1. The average Bonchev–Trinajstić information content (AvgIpc) is 3.17. The zero-order valence-electron chi connectivity index (χ0n) is 12.6. The van der Waals surface area contributed by atoms with Crippen molar-refractivity contribution in [3.8, 4) is 17.8 Å². The first-order valence-corrected chi connectivity index (χ1v) is 7.91. The first-order chi connectivity index (χ1) is 12.2. The van der Waals surface area contributed by atoms with Crippen molar-refractivity contribution in [2.24, 2.45) is 0 Å². The van der Waals surface area contributed by atoms with Gasteiger partial charge in [0.2, 0.25) is 11.8 Å². The summed E-state index contributed by atoms with van der Waals surface area (Å²) < 4.78 is 10.3. The Morgan fingerprint density at radius 3 is 2.52 bits per heavy atom. The van der Waals surface area contributed by atoms with E-state index in [0.717, 1.165) is 0 Å². The van der Waals surface area contributed by atoms with Crippen LogP contribution in [0.4, 0.5) is 0 Å². The van der Waals surface area contributed by atoms with Crippen LogP contribution in [0.5, 0.6) is 11.8 Å². The number of rotatable bonds is 4. The van der Waals surface area contributed by atoms with E-state index in [1.165, 1.54) is 23.5 Å². The minimum Gasteiger partial charge on any atom is -0.404 e. The lowest BCUT2D eigenvalue weighted by atomic mass is 10.2. The van der Waals surface area contributed by atoms with Crippen LogP contribution in [0.3, 0.4) is 0 Å². The molecule has 3 aromatic rings. The molecule has 25 heavy (non-hydrogen) atoms. The molecule has 0 aliphatic carbocycles. The van der Waals surface area contributed by atoms with Crippen LogP contribution in [0.1, 0.15) is 26.3 Å². The summed E-state index contributed by atoms with van der Waals surface area (Å²) in [6, 6.07) is 14.5. The van der Waals surface area contributed by atoms with Crippen molar-refractivity contribution in [2.75, 3.05) is 0 Å². The van der Waals surface area contributed by atoms with Crippen molar-refractivity contribution in [1.29, 1.82) is 5.26 Å². The number of aromatic nitrogens is 1. The highest BCUT2D eigenvalue weighted by Gasteiger charge is 2.16. The van der Waals surface area contributed by atoms with Crippen LogP contribution in [0.2, 0.25) is 0 Å². The Balaban J connectivity index is 1.81. The Kier molecular flexibility index (Phi) is 4.83. The number of carbonyl (C=O) groups is 2. The molecular weight excluding hydrogens is 340 g/mol. The standard InChI is InChI=1S/C18H9N2O4S/c19-10-13-6-7-15(23-17(21)12-4-2-1-3-5-12)20-16(13)24-18(22)14-8-9-25-11-14/h1-9H. The topological polar surface area (TPSA) is 89.3 Å². The third kappa shape index (κ3) is 3.88. The van der Waals surface area contributed by atoms with Crippen LogP contribution < -0.4 is 9.47 Å². The first-order valence-electron chi connectivity index (χ1n) is 7.03. The Labute approximate surface area is 146 Å². The summed E-state index contributed by atoms with van der Waals surface area (Å²) in [6.45, 7) is 0. The third-order valence-corrected chi connectivity index (χ3v) is 3.65. The maximum absolute atomic E-state index is 12.1. The molecular formula is C18H9N2O4S. The molecule has 0 fully saturated rings. The summed E-state index contributed by atoms with van der Waals surface area (Å²) in [6.07, 6.45) is 0. The zero-order chi connectivity index (χ0) is 17.6. The normalized spacial score (nSPS) is 9.88. The van der Waals surface area contributed by atoms with Gasteiger partial charge in [-0.2, -0.15) is 10.2 Å². The van der Waals surface area contributed by atoms with Gasteiger partial charge in [-0.1, -0.05) is 18.2 Å². The Hall–Kier alpha value is -3.50. The molecule has 0 bridgehead atoms. The minimum absolute atomic E-state index is 0.0445. The average molecular weight is 349 g/mol. The Bertz CT molecular complexity index is 947. The summed E-state index contributed by atoms with van der Waals surface area (Å²) in [4.78, 5) is 28.0. The lowest BCUT2D eigenvalue weighted by molar-refractivity contribution is 0.0717. The molecule has 0 saturated carbocycles. The summed E-state index contributed by atoms with van der Waals surface area (Å²) >= 11 is 1.22. The van der Waals surface area contributed by atoms with E-state index in [-0.39, 0.29) is 22.9 Å². The van der Waals surface area contributed by atoms with E-state index in [4.69, 9.17) is 14.7 Å². The second-order valence-electron chi connectivity index (χ2n) is 4.70. The molecule has 2 aromatic heterocycles. The van der Waals surface area contributed by atoms with Crippen molar-refractivity contribution in [3.63, 3.8) is 0 Å². The van der Waals surface area contributed by atoms with Gasteiger partial charge in [-0.3, -0.25) is 0 Å². The van der Waals surface area contributed by atoms with E-state index >= 15 is 0 Å². The minimum atomic E-state index is -0.697. The lowest BCUT2D eigenvalue weighted by Gasteiger charge is -2.07. The summed E-state index contributed by atoms with van der Waals surface area (Å²) in [5.41, 5.74) is 0.616. The molecule has 0 unspecified atom stereocenters. The molecule has 7 heteroatoms. The van der Waals surface area contributed by atoms with Gasteiger partial charge in [0.25, 0.3) is 0 Å². The molecule has 0 N–H and O–H groups in total. The van der Waals surface area contributed by atoms with Crippen molar-refractivity contribution in [3.05, 3.63) is 76.0 Å². The molecule has 1 radical (unpaired) electrons. The van der Waals surface area contributed by atoms with Gasteiger partial charge in [0.1, 0.15) is 11.6 Å². The number of hydrogen-bond acceptors (Lipinski definition) is 7. The highest BCUT2D eigenvalue weighted by atomic mass is 32.1. The van der Waals surface area contributed by atoms with Gasteiger partial charge >= 0.3 is 11.9 Å². The molecule has 0 aliphatic heterocycles. The quantitative estimate of drug-likeness (QED) is 0.672. The van der Waals surface area contributed by atoms with Crippen LogP contribution in [-0.4, -0.2) is 16.9 Å². The fourth-order valence-electron chi connectivity index (χ4n) is 1.86. The van der Waals surface area contributed by atoms with Crippen LogP contribution in [0.25, 0.3) is 0 Å². The zero-order valence-corrected chi connectivity index (χ0v) is 13.4. The second kappa shape index (κ2) is 7.38. The number of nitriles is 1. The fourth-order valence-corrected chi connectivity index (χ4v) is 2.41. The molecule has 0 atom stereocenters. The maximum atomic E-state index is 12.1. The van der Waals surface area contributed by atoms with Crippen LogP contribution in [-0.2, 0) is 0 Å². The van der Waals surface area contributed by atoms with E-state index in [2.05, 4.69) is 10.4 Å². The van der Waals surface area contributed by atoms with E-state index in [1.54, 1.807) is 41.8 Å². The van der Waals surface area contributed by atoms with Crippen LogP contribution >= 0.6 is 11.3 Å². The molecule has 3 rings (SSSR count). The predicted octanol–water partition coefficient (Wildman–Crippen LogP) is 3.25. The van der Waals surface area contributed by atoms with Gasteiger partial charge in [0.05, 0.1) is 16.5 Å². The Morgan fingerprint density at radius 1 is 1.04 bits per heavy atom. The molecule has 0 spiro atoms. The summed E-state index contributed by atoms with van der Waals surface area (Å²) in [5.74, 6) is -1.62. The lowest BCUT2D eigenvalue weighted by Crippen LogP contribution is -2.12. The van der Waals surface area contributed by atoms with Gasteiger partial charge in [0.15, 0.2) is 0 Å². The predicted molar refractivity (Wildman–Crippen MR) is 88.5 cm³/mol. The largest absolute Gasteiger partial charge is 0.404 e. The molecule has 2 heterocycles. The highest BCUT2D eigenvalue weighted by molar-refractivity contribution is 7.07. The van der Waals surface area contributed by atoms with Gasteiger partial charge in [-0.05, 0) is 29.6 Å². The van der Waals surface area contributed by atoms with Crippen molar-refractivity contribution >= 4 is 23.3 Å². The summed E-state index contributed by atoms with van der Waals surface area (Å²) in [7, 11) is 0. The van der Waals surface area contributed by atoms with Crippen molar-refractivity contribution in [2.45, 2.75) is 0 Å². The second-order valence-corrected chi connectivity index (χ2v) is 5.41. The van der Waals surface area contributed by atoms with Crippen LogP contribution in [0.15, 0.2) is 53.9 Å². The van der Waals surface area contributed by atoms with E-state index < -0.39 is 11.9 Å². The molecule has 6 nitrogen and oxygen atoms in total. The monoisotopic (exact) mass is 349 g/mol. The number of ether oxygens (including phenoxy) is 2. The number of hydrogen-bond donors (Lipinski definition) is 0. The number of pyridine rings is 1. The molecule has 0 saturated heterocycles. The Morgan fingerprint density at radius 2 is 1.84 bits per heavy atom. The number of esters is 2. The van der Waals surface area contributed by atoms with Gasteiger partial charge in [0, 0.05) is 6.07 Å². The third-order valence-electron chi connectivity index (χ3n) is 3.04. The number of carbonyl (C=O) groups excluding carboxylic acids is 2. The highest BCUT2D eigenvalue weighted by Crippen LogP contribution is 2.21. The first kappa shape index (κ1) is 16.4. The fraction of sp³-hybridized carbons (Fsp3) is 0. The molecule has 0 aliphatic rings. The summed E-state index contributed by atoms with van der Waals surface area (Å²) in [5, 5.41) is 13.5. The van der Waals surface area contributed by atoms with Gasteiger partial charge in [-0.15, -0.1) is 11.3 Å². The van der Waals surface area contributed by atoms with Crippen molar-refractivity contribution in [1.82, 2.24) is 4.98 Å². The van der Waals surface area contributed by atoms with Gasteiger partial charge in [-0.25, -0.2) is 9.59 Å². The smallest absolute Gasteiger partial charge is 0.346 e. The van der Waals surface area contributed by atoms with Crippen LogP contribution in [0, 0.1) is 16.7 Å². The number of benzene rings is 1. The van der Waals surface area contributed by atoms with Gasteiger partial charge < -0.3 is 9.47 Å². The maximum Gasteiger partial charge on any atom is 0.346 e. The van der Waals surface area contributed by atoms with Crippen molar-refractivity contribution < 1.29 is 19.1 Å². The number of nitrogens with zero attached hydrogens (tertiary/aromatic N) is 2. The van der Waals surface area contributed by atoms with E-state index in [0.29, 0.717) is 5.56 Å². The van der Waals surface area contributed by atoms with E-state index in [9.17, 15) is 9.59 Å². The molecule has 1 aromatic carbocycles. The van der Waals surface area contributed by atoms with E-state index in [1.807, 2.05) is 6.07 Å². The molecule has 0 amide bonds.